The molecule has 2 heterocycles. The fourth-order valence-corrected chi connectivity index (χ4v) is 4.00. The highest BCUT2D eigenvalue weighted by atomic mass is 32.2. The first kappa shape index (κ1) is 20.0. The molecule has 1 aromatic heterocycles. The van der Waals surface area contributed by atoms with Gasteiger partial charge in [-0.05, 0) is 31.5 Å². The number of hydrogen-bond donors (Lipinski definition) is 2. The summed E-state index contributed by atoms with van der Waals surface area (Å²) in [6.45, 7) is 2.18. The lowest BCUT2D eigenvalue weighted by Gasteiger charge is -2.17. The molecule has 0 radical (unpaired) electrons. The third-order valence-corrected chi connectivity index (χ3v) is 6.07. The Hall–Kier alpha value is -2.72. The first-order valence-electron chi connectivity index (χ1n) is 8.79. The van der Waals surface area contributed by atoms with E-state index in [-0.39, 0.29) is 29.8 Å². The van der Waals surface area contributed by atoms with Crippen molar-refractivity contribution in [1.29, 1.82) is 0 Å². The number of nitrogens with zero attached hydrogens (tertiary/aromatic N) is 2. The fourth-order valence-electron chi connectivity index (χ4n) is 2.85. The summed E-state index contributed by atoms with van der Waals surface area (Å²) in [5, 5.41) is 5.12. The molecule has 28 heavy (non-hydrogen) atoms. The van der Waals surface area contributed by atoms with Gasteiger partial charge in [0.2, 0.25) is 10.0 Å². The third kappa shape index (κ3) is 5.17. The molecule has 1 unspecified atom stereocenters. The van der Waals surface area contributed by atoms with Crippen LogP contribution in [0.2, 0.25) is 0 Å². The van der Waals surface area contributed by atoms with Crippen LogP contribution in [-0.4, -0.2) is 48.7 Å². The molecule has 2 aromatic rings. The van der Waals surface area contributed by atoms with E-state index in [9.17, 15) is 17.6 Å². The lowest BCUT2D eigenvalue weighted by Crippen LogP contribution is -2.32. The normalized spacial score (nSPS) is 17.3. The summed E-state index contributed by atoms with van der Waals surface area (Å²) in [5.74, 6) is -0.331. The maximum absolute atomic E-state index is 13.9. The second-order valence-electron chi connectivity index (χ2n) is 6.28. The lowest BCUT2D eigenvalue weighted by molar-refractivity contribution is 0.215. The number of hydrogen-bond acceptors (Lipinski definition) is 5. The predicted octanol–water partition coefficient (Wildman–Crippen LogP) is 2.67. The van der Waals surface area contributed by atoms with E-state index in [1.54, 1.807) is 25.3 Å². The second-order valence-corrected chi connectivity index (χ2v) is 8.54. The minimum atomic E-state index is -3.28. The summed E-state index contributed by atoms with van der Waals surface area (Å²) in [4.78, 5) is 15.9. The van der Waals surface area contributed by atoms with E-state index in [1.165, 1.54) is 22.6 Å². The SMILES string of the molecule is CCS(=O)(=O)N1CCC(Oc2cc(F)cc(NC(=O)Nc3cccnc3)c2)C1. The topological polar surface area (TPSA) is 101 Å². The average Bonchev–Trinajstić information content (AvgIpc) is 3.11. The smallest absolute Gasteiger partial charge is 0.323 e. The zero-order valence-corrected chi connectivity index (χ0v) is 16.1. The number of halogens is 1. The number of rotatable bonds is 6. The number of carbonyl (C=O) groups excluding carboxylic acids is 1. The van der Waals surface area contributed by atoms with Crippen molar-refractivity contribution in [3.05, 3.63) is 48.5 Å². The van der Waals surface area contributed by atoms with Crippen molar-refractivity contribution in [2.45, 2.75) is 19.4 Å². The van der Waals surface area contributed by atoms with E-state index in [4.69, 9.17) is 4.74 Å². The van der Waals surface area contributed by atoms with E-state index in [2.05, 4.69) is 15.6 Å². The lowest BCUT2D eigenvalue weighted by atomic mass is 10.2. The molecule has 2 amide bonds. The molecule has 1 fully saturated rings. The maximum Gasteiger partial charge on any atom is 0.323 e. The summed E-state index contributed by atoms with van der Waals surface area (Å²) in [5.41, 5.74) is 0.712. The number of nitrogens with one attached hydrogen (secondary N) is 2. The highest BCUT2D eigenvalue weighted by molar-refractivity contribution is 7.89. The molecule has 8 nitrogen and oxygen atoms in total. The predicted molar refractivity (Wildman–Crippen MR) is 103 cm³/mol. The van der Waals surface area contributed by atoms with Crippen molar-refractivity contribution in [3.8, 4) is 5.75 Å². The van der Waals surface area contributed by atoms with Gasteiger partial charge in [0.15, 0.2) is 0 Å². The largest absolute Gasteiger partial charge is 0.489 e. The fraction of sp³-hybridized carbons (Fsp3) is 0.333. The van der Waals surface area contributed by atoms with Gasteiger partial charge in [0.1, 0.15) is 17.7 Å². The van der Waals surface area contributed by atoms with E-state index in [0.717, 1.165) is 6.07 Å². The number of ether oxygens (including phenoxy) is 1. The van der Waals surface area contributed by atoms with Crippen molar-refractivity contribution < 1.29 is 22.3 Å². The monoisotopic (exact) mass is 408 g/mol. The van der Waals surface area contributed by atoms with Gasteiger partial charge in [0.25, 0.3) is 0 Å². The van der Waals surface area contributed by atoms with Gasteiger partial charge in [-0.2, -0.15) is 4.31 Å². The molecule has 0 aliphatic carbocycles. The van der Waals surface area contributed by atoms with Crippen molar-refractivity contribution in [1.82, 2.24) is 9.29 Å². The Balaban J connectivity index is 1.63. The molecule has 1 atom stereocenters. The molecule has 2 N–H and O–H groups in total. The van der Waals surface area contributed by atoms with Crippen molar-refractivity contribution in [2.24, 2.45) is 0 Å². The van der Waals surface area contributed by atoms with Crippen LogP contribution in [0.15, 0.2) is 42.7 Å². The van der Waals surface area contributed by atoms with Crippen LogP contribution < -0.4 is 15.4 Å². The van der Waals surface area contributed by atoms with Crippen molar-refractivity contribution in [2.75, 3.05) is 29.5 Å². The van der Waals surface area contributed by atoms with E-state index in [1.807, 2.05) is 0 Å². The third-order valence-electron chi connectivity index (χ3n) is 4.22. The molecule has 10 heteroatoms. The highest BCUT2D eigenvalue weighted by Gasteiger charge is 2.31. The van der Waals surface area contributed by atoms with E-state index < -0.39 is 21.9 Å². The Labute approximate surface area is 162 Å². The van der Waals surface area contributed by atoms with Gasteiger partial charge in [-0.1, -0.05) is 0 Å². The number of carbonyl (C=O) groups is 1. The minimum Gasteiger partial charge on any atom is -0.489 e. The molecule has 0 bridgehead atoms. The number of sulfonamides is 1. The summed E-state index contributed by atoms with van der Waals surface area (Å²) in [6, 6.07) is 6.64. The number of pyridine rings is 1. The Kier molecular flexibility index (Phi) is 6.10. The summed E-state index contributed by atoms with van der Waals surface area (Å²) >= 11 is 0. The quantitative estimate of drug-likeness (QED) is 0.765. The molecule has 1 aliphatic heterocycles. The second kappa shape index (κ2) is 8.53. The number of amides is 2. The van der Waals surface area contributed by atoms with Gasteiger partial charge in [-0.3, -0.25) is 4.98 Å². The Morgan fingerprint density at radius 2 is 2.11 bits per heavy atom. The molecule has 3 rings (SSSR count). The first-order chi connectivity index (χ1) is 13.4. The van der Waals surface area contributed by atoms with E-state index in [0.29, 0.717) is 18.7 Å². The Morgan fingerprint density at radius 3 is 2.82 bits per heavy atom. The molecule has 0 spiro atoms. The highest BCUT2D eigenvalue weighted by Crippen LogP contribution is 2.25. The van der Waals surface area contributed by atoms with E-state index >= 15 is 0 Å². The van der Waals surface area contributed by atoms with Crippen molar-refractivity contribution in [3.63, 3.8) is 0 Å². The van der Waals surface area contributed by atoms with Crippen LogP contribution in [0.3, 0.4) is 0 Å². The summed E-state index contributed by atoms with van der Waals surface area (Å²) in [7, 11) is -3.28. The van der Waals surface area contributed by atoms with Crippen LogP contribution in [0.4, 0.5) is 20.6 Å². The first-order valence-corrected chi connectivity index (χ1v) is 10.4. The molecule has 1 saturated heterocycles. The van der Waals surface area contributed by atoms with Gasteiger partial charge in [0.05, 0.1) is 24.2 Å². The molecular weight excluding hydrogens is 387 g/mol. The summed E-state index contributed by atoms with van der Waals surface area (Å²) in [6.07, 6.45) is 3.20. The minimum absolute atomic E-state index is 0.0276. The molecule has 0 saturated carbocycles. The number of benzene rings is 1. The molecule has 150 valence electrons. The van der Waals surface area contributed by atoms with Gasteiger partial charge < -0.3 is 15.4 Å². The average molecular weight is 408 g/mol. The van der Waals surface area contributed by atoms with Crippen LogP contribution in [0.1, 0.15) is 13.3 Å². The summed E-state index contributed by atoms with van der Waals surface area (Å²) < 4.78 is 44.9. The van der Waals surface area contributed by atoms with Crippen LogP contribution in [0.5, 0.6) is 5.75 Å². The van der Waals surface area contributed by atoms with Crippen LogP contribution in [0, 0.1) is 5.82 Å². The standard InChI is InChI=1S/C18H21FN4O4S/c1-2-28(25,26)23-7-5-16(12-23)27-17-9-13(19)8-15(10-17)22-18(24)21-14-4-3-6-20-11-14/h3-4,6,8-11,16H,2,5,7,12H2,1H3,(H2,21,22,24). The Bertz CT molecular complexity index is 940. The van der Waals surface area contributed by atoms with Crippen LogP contribution in [0.25, 0.3) is 0 Å². The molecule has 1 aromatic carbocycles. The van der Waals surface area contributed by atoms with Gasteiger partial charge in [0, 0.05) is 30.6 Å². The number of urea groups is 1. The zero-order chi connectivity index (χ0) is 20.1. The van der Waals surface area contributed by atoms with Gasteiger partial charge in [-0.15, -0.1) is 0 Å². The number of aromatic nitrogens is 1. The van der Waals surface area contributed by atoms with Gasteiger partial charge >= 0.3 is 6.03 Å². The molecular formula is C18H21FN4O4S. The maximum atomic E-state index is 13.9. The number of anilines is 2. The van der Waals surface area contributed by atoms with Gasteiger partial charge in [-0.25, -0.2) is 17.6 Å². The Morgan fingerprint density at radius 1 is 1.32 bits per heavy atom. The molecule has 1 aliphatic rings. The van der Waals surface area contributed by atoms with Crippen LogP contribution >= 0.6 is 0 Å². The van der Waals surface area contributed by atoms with Crippen LogP contribution in [-0.2, 0) is 10.0 Å². The zero-order valence-electron chi connectivity index (χ0n) is 15.3. The van der Waals surface area contributed by atoms with Crippen molar-refractivity contribution >= 4 is 27.4 Å².